The average molecular weight is 397 g/mol. The second-order valence-corrected chi connectivity index (χ2v) is 6.57. The summed E-state index contributed by atoms with van der Waals surface area (Å²) >= 11 is 0. The van der Waals surface area contributed by atoms with Gasteiger partial charge in [-0.15, -0.1) is 11.5 Å². The number of benzene rings is 1. The summed E-state index contributed by atoms with van der Waals surface area (Å²) in [5.74, 6) is 2.76. The van der Waals surface area contributed by atoms with Gasteiger partial charge in [-0.25, -0.2) is 14.6 Å². The largest absolute Gasteiger partial charge is 0.378 e. The van der Waals surface area contributed by atoms with Crippen LogP contribution in [0.4, 0.5) is 5.95 Å². The third kappa shape index (κ3) is 4.32. The Morgan fingerprint density at radius 1 is 1.00 bits per heavy atom. The maximum atomic E-state index is 5.93. The van der Waals surface area contributed by atoms with Crippen molar-refractivity contribution in [2.75, 3.05) is 12.8 Å². The fraction of sp³-hybridized carbons (Fsp3) is 0.136. The van der Waals surface area contributed by atoms with E-state index in [0.717, 1.165) is 22.5 Å². The molecule has 0 bridgehead atoms. The first-order valence-corrected chi connectivity index (χ1v) is 9.20. The smallest absolute Gasteiger partial charge is 0.221 e. The quantitative estimate of drug-likeness (QED) is 0.499. The van der Waals surface area contributed by atoms with Gasteiger partial charge in [-0.3, -0.25) is 4.98 Å². The van der Waals surface area contributed by atoms with Gasteiger partial charge in [0.05, 0.1) is 42.1 Å². The molecular weight excluding hydrogens is 378 g/mol. The summed E-state index contributed by atoms with van der Waals surface area (Å²) in [5.41, 5.74) is 11.2. The maximum Gasteiger partial charge on any atom is 0.221 e. The molecule has 0 aliphatic carbocycles. The summed E-state index contributed by atoms with van der Waals surface area (Å²) in [6, 6.07) is 15.1. The highest BCUT2D eigenvalue weighted by atomic mass is 16.5. The van der Waals surface area contributed by atoms with Crippen LogP contribution in [0.2, 0.25) is 0 Å². The van der Waals surface area contributed by atoms with Crippen LogP contribution in [0.1, 0.15) is 17.0 Å². The van der Waals surface area contributed by atoms with Crippen LogP contribution in [0.15, 0.2) is 54.7 Å². The van der Waals surface area contributed by atoms with Gasteiger partial charge in [-0.05, 0) is 30.3 Å². The van der Waals surface area contributed by atoms with Crippen molar-refractivity contribution in [2.24, 2.45) is 0 Å². The van der Waals surface area contributed by atoms with Gasteiger partial charge in [-0.2, -0.15) is 0 Å². The fourth-order valence-electron chi connectivity index (χ4n) is 2.99. The number of nitrogens with zero attached hydrogens (tertiary/aromatic N) is 6. The lowest BCUT2D eigenvalue weighted by Gasteiger charge is -2.05. The number of hydrogen-bond donors (Lipinski definition) is 1. The number of terminal acetylenes is 1. The third-order valence-corrected chi connectivity index (χ3v) is 4.37. The zero-order valence-electron chi connectivity index (χ0n) is 16.4. The van der Waals surface area contributed by atoms with E-state index in [9.17, 15) is 0 Å². The molecule has 1 aromatic carbocycles. The number of rotatable bonds is 6. The number of anilines is 1. The van der Waals surface area contributed by atoms with Crippen LogP contribution in [0, 0.1) is 12.3 Å². The van der Waals surface area contributed by atoms with Crippen LogP contribution in [-0.4, -0.2) is 37.1 Å². The van der Waals surface area contributed by atoms with E-state index in [1.165, 1.54) is 0 Å². The highest BCUT2D eigenvalue weighted by Gasteiger charge is 2.11. The van der Waals surface area contributed by atoms with Crippen LogP contribution < -0.4 is 5.73 Å². The van der Waals surface area contributed by atoms with Gasteiger partial charge in [0, 0.05) is 18.2 Å². The molecule has 0 saturated heterocycles. The summed E-state index contributed by atoms with van der Waals surface area (Å²) in [4.78, 5) is 13.2. The Morgan fingerprint density at radius 2 is 1.77 bits per heavy atom. The molecule has 0 radical (unpaired) electrons. The molecule has 0 amide bonds. The van der Waals surface area contributed by atoms with E-state index in [1.54, 1.807) is 18.0 Å². The summed E-state index contributed by atoms with van der Waals surface area (Å²) in [7, 11) is 1.64. The van der Waals surface area contributed by atoms with Crippen molar-refractivity contribution in [3.05, 3.63) is 71.7 Å². The molecule has 0 aliphatic heterocycles. The number of ether oxygens (including phenoxy) is 1. The van der Waals surface area contributed by atoms with Crippen molar-refractivity contribution in [3.63, 3.8) is 0 Å². The van der Waals surface area contributed by atoms with E-state index in [1.807, 2.05) is 48.5 Å². The van der Waals surface area contributed by atoms with Crippen molar-refractivity contribution < 1.29 is 4.74 Å². The van der Waals surface area contributed by atoms with Crippen molar-refractivity contribution in [1.82, 2.24) is 29.9 Å². The number of nitrogen functional groups attached to an aromatic ring is 1. The van der Waals surface area contributed by atoms with E-state index < -0.39 is 0 Å². The monoisotopic (exact) mass is 397 g/mol. The Labute approximate surface area is 173 Å². The summed E-state index contributed by atoms with van der Waals surface area (Å²) in [6.07, 6.45) is 7.22. The molecule has 0 saturated carbocycles. The van der Waals surface area contributed by atoms with Gasteiger partial charge in [0.15, 0.2) is 0 Å². The van der Waals surface area contributed by atoms with Crippen LogP contribution in [-0.2, 0) is 17.9 Å². The third-order valence-electron chi connectivity index (χ3n) is 4.37. The van der Waals surface area contributed by atoms with E-state index in [0.29, 0.717) is 30.2 Å². The van der Waals surface area contributed by atoms with Crippen LogP contribution in [0.25, 0.3) is 22.6 Å². The Morgan fingerprint density at radius 3 is 2.53 bits per heavy atom. The number of hydrogen-bond acceptors (Lipinski definition) is 7. The number of nitrogens with two attached hydrogens (primary N) is 1. The second-order valence-electron chi connectivity index (χ2n) is 6.57. The molecule has 4 rings (SSSR count). The van der Waals surface area contributed by atoms with E-state index >= 15 is 0 Å². The first-order valence-electron chi connectivity index (χ1n) is 9.20. The first-order chi connectivity index (χ1) is 14.6. The van der Waals surface area contributed by atoms with Gasteiger partial charge >= 0.3 is 0 Å². The minimum absolute atomic E-state index is 0.159. The highest BCUT2D eigenvalue weighted by molar-refractivity contribution is 5.67. The lowest BCUT2D eigenvalue weighted by Crippen LogP contribution is -2.04. The number of methoxy groups -OCH3 is 1. The zero-order valence-corrected chi connectivity index (χ0v) is 16.4. The van der Waals surface area contributed by atoms with Crippen molar-refractivity contribution in [3.8, 4) is 35.0 Å². The molecule has 0 spiro atoms. The summed E-state index contributed by atoms with van der Waals surface area (Å²) in [6.45, 7) is 0.938. The summed E-state index contributed by atoms with van der Waals surface area (Å²) in [5, 5.41) is 8.42. The molecule has 148 valence electrons. The SMILES string of the molecule is C#Cc1ccc(-c2cc(-c3cn(Cc4cccc(COC)n4)nn3)nc(N)n2)cc1. The molecule has 3 aromatic heterocycles. The lowest BCUT2D eigenvalue weighted by molar-refractivity contribution is 0.181. The van der Waals surface area contributed by atoms with Gasteiger partial charge in [0.25, 0.3) is 0 Å². The predicted octanol–water partition coefficient (Wildman–Crippen LogP) is 2.56. The minimum atomic E-state index is 0.159. The van der Waals surface area contributed by atoms with Gasteiger partial charge < -0.3 is 10.5 Å². The van der Waals surface area contributed by atoms with E-state index in [2.05, 4.69) is 31.2 Å². The van der Waals surface area contributed by atoms with Gasteiger partial charge in [-0.1, -0.05) is 29.3 Å². The van der Waals surface area contributed by atoms with Crippen LogP contribution in [0.5, 0.6) is 0 Å². The second kappa shape index (κ2) is 8.51. The summed E-state index contributed by atoms with van der Waals surface area (Å²) < 4.78 is 6.84. The van der Waals surface area contributed by atoms with Crippen molar-refractivity contribution in [2.45, 2.75) is 13.2 Å². The Bertz CT molecular complexity index is 1210. The first kappa shape index (κ1) is 19.2. The molecule has 30 heavy (non-hydrogen) atoms. The number of pyridine rings is 1. The maximum absolute atomic E-state index is 5.93. The molecule has 2 N–H and O–H groups in total. The topological polar surface area (TPSA) is 105 Å². The van der Waals surface area contributed by atoms with E-state index in [-0.39, 0.29) is 5.95 Å². The van der Waals surface area contributed by atoms with Crippen molar-refractivity contribution in [1.29, 1.82) is 0 Å². The van der Waals surface area contributed by atoms with Crippen LogP contribution in [0.3, 0.4) is 0 Å². The average Bonchev–Trinajstić information content (AvgIpc) is 3.22. The lowest BCUT2D eigenvalue weighted by atomic mass is 10.1. The van der Waals surface area contributed by atoms with Gasteiger partial charge in [0.2, 0.25) is 5.95 Å². The molecule has 8 heteroatoms. The fourth-order valence-corrected chi connectivity index (χ4v) is 2.99. The molecule has 4 aromatic rings. The normalized spacial score (nSPS) is 10.7. The highest BCUT2D eigenvalue weighted by Crippen LogP contribution is 2.23. The zero-order chi connectivity index (χ0) is 20.9. The van der Waals surface area contributed by atoms with Crippen molar-refractivity contribution >= 4 is 5.95 Å². The van der Waals surface area contributed by atoms with E-state index in [4.69, 9.17) is 16.9 Å². The Kier molecular flexibility index (Phi) is 5.46. The molecule has 0 aliphatic rings. The predicted molar refractivity (Wildman–Crippen MR) is 113 cm³/mol. The standard InChI is InChI=1S/C22H19N7O/c1-3-15-7-9-16(10-8-15)19-11-20(26-22(23)25-19)21-13-29(28-27-21)12-17-5-4-6-18(24-17)14-30-2/h1,4-11,13H,12,14H2,2H3,(H2,23,25,26). The molecule has 8 nitrogen and oxygen atoms in total. The molecule has 0 fully saturated rings. The Balaban J connectivity index is 1.59. The number of aromatic nitrogens is 6. The molecule has 3 heterocycles. The van der Waals surface area contributed by atoms with Crippen LogP contribution >= 0.6 is 0 Å². The molecular formula is C22H19N7O. The minimum Gasteiger partial charge on any atom is -0.378 e. The molecule has 0 unspecified atom stereocenters. The Hall–Kier alpha value is -4.09. The molecule has 0 atom stereocenters. The van der Waals surface area contributed by atoms with Gasteiger partial charge in [0.1, 0.15) is 5.69 Å².